The summed E-state index contributed by atoms with van der Waals surface area (Å²) in [4.78, 5) is 33.7. The van der Waals surface area contributed by atoms with E-state index in [9.17, 15) is 44.9 Å². The maximum atomic E-state index is 12.7. The molecule has 2 aromatic carbocycles. The maximum absolute atomic E-state index is 12.7. The predicted octanol–water partition coefficient (Wildman–Crippen LogP) is 2.66. The quantitative estimate of drug-likeness (QED) is 0.0993. The highest BCUT2D eigenvalue weighted by Crippen LogP contribution is 2.70. The summed E-state index contributed by atoms with van der Waals surface area (Å²) in [5.74, 6) is -0.712. The topological polar surface area (TPSA) is 231 Å². The molecule has 17 heteroatoms. The number of carbonyl (C=O) groups is 1. The number of rotatable bonds is 11. The van der Waals surface area contributed by atoms with Crippen LogP contribution in [0.5, 0.6) is 11.5 Å². The van der Waals surface area contributed by atoms with Gasteiger partial charge in [0.2, 0.25) is 0 Å². The number of carboxylic acid groups (broad SMARTS) is 1. The first kappa shape index (κ1) is 36.7. The molecule has 6 fully saturated rings. The van der Waals surface area contributed by atoms with Gasteiger partial charge in [-0.1, -0.05) is 35.9 Å². The molecule has 4 bridgehead atoms. The first-order chi connectivity index (χ1) is 24.2. The monoisotopic (exact) mass is 754 g/mol. The zero-order valence-electron chi connectivity index (χ0n) is 27.4. The Balaban J connectivity index is 1.10. The summed E-state index contributed by atoms with van der Waals surface area (Å²) < 4.78 is 35.0. The van der Waals surface area contributed by atoms with E-state index in [1.54, 1.807) is 19.2 Å². The number of aliphatic carboxylic acids is 1. The SMILES string of the molecule is COC1(c2ccc(/C=C/C(=O)O)c(OCc3ccc(OP(=O)(O)OC4[C@H](O)[C@H](O)C(O)[C@H](O)[C@H]4O)cc3)c2Cl)OOC12C1CC3CC(C1)CC2C3. The molecule has 0 radical (unpaired) electrons. The van der Waals surface area contributed by atoms with Crippen molar-refractivity contribution in [2.75, 3.05) is 7.11 Å². The summed E-state index contributed by atoms with van der Waals surface area (Å²) in [5, 5.41) is 59.3. The molecule has 1 spiro atoms. The van der Waals surface area contributed by atoms with Crippen LogP contribution in [-0.2, 0) is 40.8 Å². The van der Waals surface area contributed by atoms with Crippen molar-refractivity contribution in [1.82, 2.24) is 0 Å². The number of hydrogen-bond donors (Lipinski definition) is 7. The summed E-state index contributed by atoms with van der Waals surface area (Å²) in [5.41, 5.74) is 0.697. The highest BCUT2D eigenvalue weighted by atomic mass is 35.5. The molecule has 0 amide bonds. The molecule has 278 valence electrons. The number of halogens is 1. The Morgan fingerprint density at radius 3 is 2.02 bits per heavy atom. The van der Waals surface area contributed by atoms with Gasteiger partial charge < -0.3 is 44.6 Å². The van der Waals surface area contributed by atoms with Crippen molar-refractivity contribution in [2.24, 2.45) is 23.7 Å². The van der Waals surface area contributed by atoms with E-state index in [-0.39, 0.29) is 35.0 Å². The number of ether oxygens (including phenoxy) is 2. The van der Waals surface area contributed by atoms with Crippen molar-refractivity contribution < 1.29 is 73.2 Å². The van der Waals surface area contributed by atoms with E-state index in [0.717, 1.165) is 31.8 Å². The largest absolute Gasteiger partial charge is 0.527 e. The lowest BCUT2D eigenvalue weighted by Gasteiger charge is -2.68. The lowest BCUT2D eigenvalue weighted by molar-refractivity contribution is -0.645. The summed E-state index contributed by atoms with van der Waals surface area (Å²) in [6, 6.07) is 9.09. The molecule has 8 atom stereocenters. The zero-order chi connectivity index (χ0) is 36.5. The summed E-state index contributed by atoms with van der Waals surface area (Å²) in [6.45, 7) is -0.0830. The normalized spacial score (nSPS) is 39.5. The van der Waals surface area contributed by atoms with Crippen molar-refractivity contribution in [3.05, 3.63) is 64.2 Å². The fourth-order valence-corrected chi connectivity index (χ4v) is 10.4. The number of benzene rings is 2. The van der Waals surface area contributed by atoms with E-state index in [1.807, 2.05) is 0 Å². The first-order valence-corrected chi connectivity index (χ1v) is 18.6. The highest BCUT2D eigenvalue weighted by molar-refractivity contribution is 7.47. The third kappa shape index (κ3) is 6.20. The minimum Gasteiger partial charge on any atom is -0.487 e. The lowest BCUT2D eigenvalue weighted by Crippen LogP contribution is -2.76. The van der Waals surface area contributed by atoms with Gasteiger partial charge in [0.1, 0.15) is 54.7 Å². The molecule has 2 aromatic rings. The van der Waals surface area contributed by atoms with Crippen LogP contribution in [0.3, 0.4) is 0 Å². The second-order valence-corrected chi connectivity index (χ2v) is 15.8. The predicted molar refractivity (Wildman–Crippen MR) is 175 cm³/mol. The highest BCUT2D eigenvalue weighted by Gasteiger charge is 2.77. The molecule has 7 N–H and O–H groups in total. The smallest absolute Gasteiger partial charge is 0.487 e. The molecule has 1 aliphatic heterocycles. The number of carboxylic acids is 1. The Labute approximate surface area is 297 Å². The minimum atomic E-state index is -5.04. The molecule has 51 heavy (non-hydrogen) atoms. The molecule has 1 saturated heterocycles. The molecule has 1 heterocycles. The summed E-state index contributed by atoms with van der Waals surface area (Å²) in [6.07, 6.45) is -4.20. The average Bonchev–Trinajstić information content (AvgIpc) is 3.08. The number of aliphatic hydroxyl groups is 5. The van der Waals surface area contributed by atoms with Crippen molar-refractivity contribution in [3.8, 4) is 11.5 Å². The lowest BCUT2D eigenvalue weighted by atomic mass is 9.47. The second kappa shape index (κ2) is 13.7. The molecular formula is C34H40ClO15P. The van der Waals surface area contributed by atoms with Crippen LogP contribution in [-0.4, -0.2) is 90.8 Å². The van der Waals surface area contributed by atoms with Crippen LogP contribution in [0.15, 0.2) is 42.5 Å². The van der Waals surface area contributed by atoms with Gasteiger partial charge in [-0.2, -0.15) is 4.89 Å². The second-order valence-electron chi connectivity index (χ2n) is 14.1. The Kier molecular flexibility index (Phi) is 9.83. The third-order valence-electron chi connectivity index (χ3n) is 11.2. The van der Waals surface area contributed by atoms with Crippen LogP contribution >= 0.6 is 19.4 Å². The fraction of sp³-hybridized carbons (Fsp3) is 0.559. The summed E-state index contributed by atoms with van der Waals surface area (Å²) in [7, 11) is -3.49. The van der Waals surface area contributed by atoms with Crippen molar-refractivity contribution in [1.29, 1.82) is 0 Å². The van der Waals surface area contributed by atoms with Gasteiger partial charge in [-0.3, -0.25) is 9.42 Å². The molecule has 5 saturated carbocycles. The van der Waals surface area contributed by atoms with Gasteiger partial charge in [0.05, 0.1) is 5.02 Å². The first-order valence-electron chi connectivity index (χ1n) is 16.7. The molecule has 6 aliphatic rings. The Hall–Kier alpha value is -2.63. The van der Waals surface area contributed by atoms with Crippen molar-refractivity contribution in [3.63, 3.8) is 0 Å². The zero-order valence-corrected chi connectivity index (χ0v) is 29.0. The van der Waals surface area contributed by atoms with Crippen LogP contribution < -0.4 is 9.26 Å². The van der Waals surface area contributed by atoms with Crippen LogP contribution in [0.25, 0.3) is 6.08 Å². The third-order valence-corrected chi connectivity index (χ3v) is 12.5. The molecule has 0 aromatic heterocycles. The number of phosphoric ester groups is 1. The van der Waals surface area contributed by atoms with Crippen LogP contribution in [0, 0.1) is 23.7 Å². The van der Waals surface area contributed by atoms with Crippen molar-refractivity contribution in [2.45, 2.75) is 86.7 Å². The summed E-state index contributed by atoms with van der Waals surface area (Å²) >= 11 is 7.10. The number of hydrogen-bond acceptors (Lipinski definition) is 13. The van der Waals surface area contributed by atoms with Crippen LogP contribution in [0.2, 0.25) is 5.02 Å². The average molecular weight is 755 g/mol. The minimum absolute atomic E-state index is 0.0830. The van der Waals surface area contributed by atoms with Gasteiger partial charge in [0.15, 0.2) is 5.60 Å². The standard InChI is InChI=1S/C34H40ClO15P/c1-45-34(33(49-50-34)20-11-17-10-18(13-20)14-21(33)12-17)23-8-4-19(5-9-24(36)37)31(25(23)35)46-15-16-2-6-22(7-3-16)47-51(43,44)48-32-29(41)27(39)26(38)28(40)30(32)42/h2-9,17-18,20-21,26-30,32,38-42H,10-15H2,1H3,(H,36,37)(H,43,44)/b9-5+/t17?,18?,20?,21?,26?,27-,28+,29-,30-,32?,33?,34?/m1/s1. The van der Waals surface area contributed by atoms with E-state index in [2.05, 4.69) is 0 Å². The molecule has 4 unspecified atom stereocenters. The number of methoxy groups -OCH3 is 1. The molecule has 15 nitrogen and oxygen atoms in total. The van der Waals surface area contributed by atoms with Gasteiger partial charge in [-0.05, 0) is 79.5 Å². The molecule has 5 aliphatic carbocycles. The van der Waals surface area contributed by atoms with Crippen molar-refractivity contribution >= 4 is 31.5 Å². The van der Waals surface area contributed by atoms with E-state index in [4.69, 9.17) is 39.9 Å². The molecular weight excluding hydrogens is 715 g/mol. The van der Waals surface area contributed by atoms with Gasteiger partial charge in [0.25, 0.3) is 5.79 Å². The Morgan fingerprint density at radius 2 is 1.49 bits per heavy atom. The molecule has 8 rings (SSSR count). The van der Waals surface area contributed by atoms with Crippen LogP contribution in [0.4, 0.5) is 0 Å². The fourth-order valence-electron chi connectivity index (χ4n) is 9.03. The maximum Gasteiger partial charge on any atom is 0.527 e. The van der Waals surface area contributed by atoms with E-state index >= 15 is 0 Å². The van der Waals surface area contributed by atoms with Gasteiger partial charge in [-0.15, -0.1) is 0 Å². The Bertz CT molecular complexity index is 1670. The van der Waals surface area contributed by atoms with E-state index in [1.165, 1.54) is 36.8 Å². The van der Waals surface area contributed by atoms with Gasteiger partial charge >= 0.3 is 13.8 Å². The van der Waals surface area contributed by atoms with E-state index < -0.39 is 61.8 Å². The van der Waals surface area contributed by atoms with Gasteiger partial charge in [-0.25, -0.2) is 14.2 Å². The Morgan fingerprint density at radius 1 is 0.902 bits per heavy atom. The number of phosphoric acid groups is 1. The van der Waals surface area contributed by atoms with Gasteiger partial charge in [0, 0.05) is 24.3 Å². The number of aliphatic hydroxyl groups excluding tert-OH is 5. The van der Waals surface area contributed by atoms with Crippen LogP contribution in [0.1, 0.15) is 48.8 Å². The van der Waals surface area contributed by atoms with E-state index in [0.29, 0.717) is 28.5 Å².